The number of hydrogen-bond acceptors (Lipinski definition) is 3. The van der Waals surface area contributed by atoms with Crippen molar-refractivity contribution in [3.63, 3.8) is 0 Å². The summed E-state index contributed by atoms with van der Waals surface area (Å²) in [5, 5.41) is 0. The fourth-order valence-electron chi connectivity index (χ4n) is 1.38. The summed E-state index contributed by atoms with van der Waals surface area (Å²) >= 11 is 0. The van der Waals surface area contributed by atoms with Gasteiger partial charge in [-0.3, -0.25) is 0 Å². The van der Waals surface area contributed by atoms with E-state index in [1.54, 1.807) is 0 Å². The molecule has 5 heteroatoms. The molecular weight excluding hydrogens is 212 g/mol. The molecule has 0 spiro atoms. The van der Waals surface area contributed by atoms with Crippen LogP contribution in [0.15, 0.2) is 0 Å². The number of rotatable bonds is 5. The van der Waals surface area contributed by atoms with Crippen molar-refractivity contribution < 1.29 is 13.2 Å². The Balaban J connectivity index is 2.11. The number of halogens is 1. The van der Waals surface area contributed by atoms with Crippen LogP contribution in [0.3, 0.4) is 0 Å². The minimum atomic E-state index is -3.39. The van der Waals surface area contributed by atoms with Crippen LogP contribution in [0.5, 0.6) is 0 Å². The van der Waals surface area contributed by atoms with Crippen LogP contribution < -0.4 is 0 Å². The smallest absolute Gasteiger partial charge is 0.234 e. The summed E-state index contributed by atoms with van der Waals surface area (Å²) < 4.78 is 26.5. The Hall–Kier alpha value is 0.200. The molecule has 0 saturated heterocycles. The summed E-state index contributed by atoms with van der Waals surface area (Å²) in [4.78, 5) is 0. The van der Waals surface area contributed by atoms with Gasteiger partial charge in [-0.1, -0.05) is 6.42 Å². The van der Waals surface area contributed by atoms with Crippen LogP contribution in [-0.4, -0.2) is 26.9 Å². The first-order valence-electron chi connectivity index (χ1n) is 4.53. The van der Waals surface area contributed by atoms with E-state index in [-0.39, 0.29) is 18.5 Å². The fraction of sp³-hybridized carbons (Fsp3) is 1.00. The molecule has 1 rings (SSSR count). The molecule has 0 amide bonds. The quantitative estimate of drug-likeness (QED) is 0.671. The highest BCUT2D eigenvalue weighted by Gasteiger charge is 2.24. The van der Waals surface area contributed by atoms with Gasteiger partial charge in [-0.2, -0.15) is 0 Å². The second-order valence-electron chi connectivity index (χ2n) is 3.51. The SMILES string of the molecule is CC(OCCS(=O)(=O)Cl)C1CCC1. The van der Waals surface area contributed by atoms with E-state index >= 15 is 0 Å². The van der Waals surface area contributed by atoms with Gasteiger partial charge in [0.25, 0.3) is 0 Å². The first kappa shape index (κ1) is 11.3. The first-order valence-corrected chi connectivity index (χ1v) is 7.01. The summed E-state index contributed by atoms with van der Waals surface area (Å²) in [7, 11) is 1.65. The predicted octanol–water partition coefficient (Wildman–Crippen LogP) is 1.76. The van der Waals surface area contributed by atoms with Crippen LogP contribution in [0.2, 0.25) is 0 Å². The monoisotopic (exact) mass is 226 g/mol. The Morgan fingerprint density at radius 3 is 2.54 bits per heavy atom. The maximum absolute atomic E-state index is 10.6. The molecule has 1 aliphatic rings. The Kier molecular flexibility index (Phi) is 4.01. The van der Waals surface area contributed by atoms with Crippen molar-refractivity contribution in [1.82, 2.24) is 0 Å². The lowest BCUT2D eigenvalue weighted by Crippen LogP contribution is -2.28. The molecule has 0 heterocycles. The van der Waals surface area contributed by atoms with Crippen molar-refractivity contribution in [1.29, 1.82) is 0 Å². The molecule has 0 N–H and O–H groups in total. The molecule has 13 heavy (non-hydrogen) atoms. The van der Waals surface area contributed by atoms with Gasteiger partial charge in [0.05, 0.1) is 18.5 Å². The van der Waals surface area contributed by atoms with Crippen molar-refractivity contribution in [2.24, 2.45) is 5.92 Å². The molecule has 1 aliphatic carbocycles. The van der Waals surface area contributed by atoms with Crippen LogP contribution in [0.25, 0.3) is 0 Å². The third kappa shape index (κ3) is 4.29. The zero-order valence-corrected chi connectivity index (χ0v) is 9.27. The van der Waals surface area contributed by atoms with Gasteiger partial charge in [-0.05, 0) is 25.7 Å². The summed E-state index contributed by atoms with van der Waals surface area (Å²) in [5.41, 5.74) is 0. The van der Waals surface area contributed by atoms with Crippen LogP contribution >= 0.6 is 10.7 Å². The summed E-state index contributed by atoms with van der Waals surface area (Å²) in [6, 6.07) is 0. The van der Waals surface area contributed by atoms with Gasteiger partial charge in [0, 0.05) is 10.7 Å². The van der Waals surface area contributed by atoms with Crippen molar-refractivity contribution in [3.8, 4) is 0 Å². The molecule has 0 aliphatic heterocycles. The molecule has 1 fully saturated rings. The highest BCUT2D eigenvalue weighted by molar-refractivity contribution is 8.13. The number of hydrogen-bond donors (Lipinski definition) is 0. The summed E-state index contributed by atoms with van der Waals surface area (Å²) in [5.74, 6) is 0.532. The largest absolute Gasteiger partial charge is 0.377 e. The van der Waals surface area contributed by atoms with E-state index in [2.05, 4.69) is 0 Å². The average molecular weight is 227 g/mol. The molecule has 0 radical (unpaired) electrons. The molecule has 0 aromatic carbocycles. The van der Waals surface area contributed by atoms with E-state index in [0.717, 1.165) is 0 Å². The van der Waals surface area contributed by atoms with Gasteiger partial charge in [0.1, 0.15) is 0 Å². The molecule has 3 nitrogen and oxygen atoms in total. The van der Waals surface area contributed by atoms with E-state index < -0.39 is 9.05 Å². The van der Waals surface area contributed by atoms with Crippen LogP contribution in [0, 0.1) is 5.92 Å². The maximum atomic E-state index is 10.6. The minimum absolute atomic E-state index is 0.0917. The lowest BCUT2D eigenvalue weighted by Gasteiger charge is -2.31. The minimum Gasteiger partial charge on any atom is -0.377 e. The van der Waals surface area contributed by atoms with Crippen molar-refractivity contribution in [3.05, 3.63) is 0 Å². The molecule has 0 aromatic heterocycles. The van der Waals surface area contributed by atoms with Gasteiger partial charge in [0.2, 0.25) is 9.05 Å². The van der Waals surface area contributed by atoms with E-state index in [1.807, 2.05) is 6.92 Å². The lowest BCUT2D eigenvalue weighted by atomic mass is 9.82. The van der Waals surface area contributed by atoms with Gasteiger partial charge in [0.15, 0.2) is 0 Å². The zero-order valence-electron chi connectivity index (χ0n) is 7.70. The molecule has 0 aromatic rings. The van der Waals surface area contributed by atoms with E-state index in [0.29, 0.717) is 5.92 Å². The molecule has 0 bridgehead atoms. The lowest BCUT2D eigenvalue weighted by molar-refractivity contribution is 0.00639. The van der Waals surface area contributed by atoms with Gasteiger partial charge in [-0.25, -0.2) is 8.42 Å². The average Bonchev–Trinajstić information content (AvgIpc) is 1.79. The van der Waals surface area contributed by atoms with Gasteiger partial charge < -0.3 is 4.74 Å². The first-order chi connectivity index (χ1) is 5.99. The summed E-state index contributed by atoms with van der Waals surface area (Å²) in [6.45, 7) is 2.20. The topological polar surface area (TPSA) is 43.4 Å². The summed E-state index contributed by atoms with van der Waals surface area (Å²) in [6.07, 6.45) is 3.85. The Bertz CT molecular complexity index is 246. The van der Waals surface area contributed by atoms with Crippen molar-refractivity contribution in [2.45, 2.75) is 32.3 Å². The molecule has 1 saturated carbocycles. The molecular formula is C8H15ClO3S. The van der Waals surface area contributed by atoms with Crippen molar-refractivity contribution >= 4 is 19.7 Å². The Morgan fingerprint density at radius 1 is 1.54 bits per heavy atom. The maximum Gasteiger partial charge on any atom is 0.234 e. The third-order valence-corrected chi connectivity index (χ3v) is 3.64. The second-order valence-corrected chi connectivity index (χ2v) is 6.41. The third-order valence-electron chi connectivity index (χ3n) is 2.52. The van der Waals surface area contributed by atoms with E-state index in [9.17, 15) is 8.42 Å². The van der Waals surface area contributed by atoms with Crippen molar-refractivity contribution in [2.75, 3.05) is 12.4 Å². The normalized spacial score (nSPS) is 21.1. The van der Waals surface area contributed by atoms with E-state index in [1.165, 1.54) is 19.3 Å². The molecule has 1 unspecified atom stereocenters. The van der Waals surface area contributed by atoms with Gasteiger partial charge >= 0.3 is 0 Å². The van der Waals surface area contributed by atoms with Crippen LogP contribution in [-0.2, 0) is 13.8 Å². The Labute approximate surface area is 83.8 Å². The zero-order chi connectivity index (χ0) is 9.90. The van der Waals surface area contributed by atoms with Gasteiger partial charge in [-0.15, -0.1) is 0 Å². The standard InChI is InChI=1S/C8H15ClO3S/c1-7(8-3-2-4-8)12-5-6-13(9,10)11/h7-8H,2-6H2,1H3. The van der Waals surface area contributed by atoms with E-state index in [4.69, 9.17) is 15.4 Å². The predicted molar refractivity (Wildman–Crippen MR) is 52.4 cm³/mol. The molecule has 1 atom stereocenters. The van der Waals surface area contributed by atoms with Crippen LogP contribution in [0.4, 0.5) is 0 Å². The fourth-order valence-corrected chi connectivity index (χ4v) is 1.86. The second kappa shape index (κ2) is 4.62. The highest BCUT2D eigenvalue weighted by atomic mass is 35.7. The van der Waals surface area contributed by atoms with Crippen LogP contribution in [0.1, 0.15) is 26.2 Å². The highest BCUT2D eigenvalue weighted by Crippen LogP contribution is 2.30. The Morgan fingerprint density at radius 2 is 2.15 bits per heavy atom. The molecule has 78 valence electrons. The number of ether oxygens (including phenoxy) is 1.